The van der Waals surface area contributed by atoms with E-state index in [-0.39, 0.29) is 47.7 Å². The molecule has 0 heterocycles. The number of nitrogens with zero attached hydrogens (tertiary/aromatic N) is 4. The maximum atomic E-state index is 11.6. The molecule has 0 bridgehead atoms. The van der Waals surface area contributed by atoms with Crippen molar-refractivity contribution in [2.24, 2.45) is 21.9 Å². The van der Waals surface area contributed by atoms with Gasteiger partial charge in [-0.2, -0.15) is 5.10 Å². The van der Waals surface area contributed by atoms with Crippen LogP contribution in [0.15, 0.2) is 89.1 Å². The van der Waals surface area contributed by atoms with E-state index in [1.165, 1.54) is 42.8 Å². The second-order valence-electron chi connectivity index (χ2n) is 14.3. The summed E-state index contributed by atoms with van der Waals surface area (Å²) >= 11 is 0. The number of aliphatic hydroxyl groups is 3. The molecule has 4 unspecified atom stereocenters. The SMILES string of the molecule is CCCC(C)(O)C/C([O-])=N/N=C1C=CC=CC1[NH+]([O-])[O-].CCCC(C)(O)CC(=O)NN.CCCC(C)(O)CC(=O)O.NNc1ccccc1[N+](=O)[O-].O=[N+]([O-])c1ccccc1.[2H]C#C.[OH-]. The van der Waals surface area contributed by atoms with Crippen molar-refractivity contribution in [3.8, 4) is 12.8 Å². The Morgan fingerprint density at radius 2 is 1.31 bits per heavy atom. The maximum Gasteiger partial charge on any atom is 0.306 e. The Kier molecular flexibility index (Phi) is 34.2. The van der Waals surface area contributed by atoms with Crippen molar-refractivity contribution in [3.63, 3.8) is 0 Å². The normalized spacial score (nSPS) is 15.8. The first-order valence-electron chi connectivity index (χ1n) is 19.8. The van der Waals surface area contributed by atoms with E-state index in [0.717, 1.165) is 19.3 Å². The van der Waals surface area contributed by atoms with Crippen LogP contribution in [0.1, 0.15) is 101 Å². The van der Waals surface area contributed by atoms with E-state index in [1.807, 2.05) is 26.2 Å². The van der Waals surface area contributed by atoms with Crippen molar-refractivity contribution in [1.82, 2.24) is 5.43 Å². The van der Waals surface area contributed by atoms with Crippen LogP contribution in [0.3, 0.4) is 0 Å². The van der Waals surface area contributed by atoms with Gasteiger partial charge >= 0.3 is 5.97 Å². The number of allylic oxidation sites excluding steroid dienone is 2. The summed E-state index contributed by atoms with van der Waals surface area (Å²) in [5, 5.41) is 96.5. The number of nitrogens with one attached hydrogen (secondary N) is 3. The fourth-order valence-electron chi connectivity index (χ4n) is 5.21. The fourth-order valence-corrected chi connectivity index (χ4v) is 5.21. The van der Waals surface area contributed by atoms with E-state index in [9.17, 15) is 60.7 Å². The predicted molar refractivity (Wildman–Crippen MR) is 241 cm³/mol. The molecule has 0 saturated carbocycles. The number of hydroxylamine groups is 2. The van der Waals surface area contributed by atoms with Crippen LogP contribution in [-0.2, 0) is 9.59 Å². The number of non-ortho nitro benzene ring substituents is 1. The summed E-state index contributed by atoms with van der Waals surface area (Å²) in [7, 11) is 0. The molecule has 64 heavy (non-hydrogen) atoms. The lowest BCUT2D eigenvalue weighted by molar-refractivity contribution is -0.801. The standard InChI is InChI=1S/C13H20N3O4.C7H16N2O2.C7H14O3.C6H7N3O2.C6H5NO2.C2H2.H2O/c1-3-8-13(2,18)9-12(17)15-14-10-6-4-5-7-11(10)16(19)20;1-3-4-7(2,11)5-6(10)9-8;1-3-4-7(2,10)5-6(8)9;7-8-5-3-1-2-4-6(5)9(10)11;8-7(9)6-4-2-1-3-5-6;1-2;/h4-7,11,16,18H,3,8-9H2,1-2H3,(H,15,17);11H,3-5,8H2,1-2H3,(H,9,10);10H,3-5H2,1-2H3,(H,8,9);1-4,8H,7H2;1-5H;1-2H;1H2/q-1;;;;;;/p-2/i;;;;;1D;. The molecule has 2 aromatic rings. The minimum absolute atomic E-state index is 0. The fraction of sp³-hybridized carbons (Fsp3) is 0.463. The lowest BCUT2D eigenvalue weighted by Crippen LogP contribution is -3.07. The zero-order chi connectivity index (χ0) is 49.9. The maximum absolute atomic E-state index is 11.6. The minimum atomic E-state index is -1.30. The molecule has 12 N–H and O–H groups in total. The first-order chi connectivity index (χ1) is 29.8. The van der Waals surface area contributed by atoms with E-state index in [0.29, 0.717) is 24.9 Å². The van der Waals surface area contributed by atoms with Gasteiger partial charge in [-0.15, -0.1) is 17.9 Å². The number of nitrogen functional groups attached to an aromatic ring is 1. The molecule has 3 rings (SSSR count). The molecule has 0 aliphatic heterocycles. The monoisotopic (exact) mass is 907 g/mol. The van der Waals surface area contributed by atoms with Gasteiger partial charge in [0.1, 0.15) is 12.8 Å². The number of quaternary nitrogens is 1. The van der Waals surface area contributed by atoms with Gasteiger partial charge in [-0.3, -0.25) is 41.1 Å². The summed E-state index contributed by atoms with van der Waals surface area (Å²) in [6, 6.07) is 13.1. The highest BCUT2D eigenvalue weighted by Crippen LogP contribution is 2.21. The van der Waals surface area contributed by atoms with E-state index in [2.05, 4.69) is 22.1 Å². The zero-order valence-corrected chi connectivity index (χ0v) is 36.9. The number of para-hydroxylation sites is 3. The highest BCUT2D eigenvalue weighted by Gasteiger charge is 2.23. The van der Waals surface area contributed by atoms with Crippen LogP contribution in [0.4, 0.5) is 17.1 Å². The number of nitro groups is 2. The molecule has 0 aromatic heterocycles. The lowest BCUT2D eigenvalue weighted by atomic mass is 9.96. The molecular weight excluding hydrogens is 842 g/mol. The van der Waals surface area contributed by atoms with Crippen molar-refractivity contribution in [2.75, 3.05) is 5.43 Å². The number of hydrogen-bond donors (Lipinski definition) is 9. The smallest absolute Gasteiger partial charge is 0.306 e. The number of hydrazine groups is 2. The molecule has 0 fully saturated rings. The van der Waals surface area contributed by atoms with Crippen LogP contribution in [0.2, 0.25) is 0 Å². The number of carboxylic acids is 1. The molecule has 1 aliphatic rings. The van der Waals surface area contributed by atoms with Crippen LogP contribution in [0.5, 0.6) is 0 Å². The molecule has 4 atom stereocenters. The van der Waals surface area contributed by atoms with Crippen molar-refractivity contribution in [1.29, 1.82) is 0 Å². The van der Waals surface area contributed by atoms with Crippen LogP contribution in [0, 0.1) is 43.5 Å². The average Bonchev–Trinajstić information content (AvgIpc) is 3.20. The van der Waals surface area contributed by atoms with E-state index >= 15 is 0 Å². The number of carbonyl (C=O) groups is 2. The van der Waals surface area contributed by atoms with Gasteiger partial charge in [-0.1, -0.05) is 82.5 Å². The van der Waals surface area contributed by atoms with Gasteiger partial charge < -0.3 is 52.1 Å². The van der Waals surface area contributed by atoms with Crippen LogP contribution >= 0.6 is 0 Å². The Morgan fingerprint density at radius 1 is 0.844 bits per heavy atom. The summed E-state index contributed by atoms with van der Waals surface area (Å²) in [5.41, 5.74) is 1.72. The number of carbonyl (C=O) groups excluding carboxylic acids is 1. The second kappa shape index (κ2) is 35.3. The van der Waals surface area contributed by atoms with Crippen LogP contribution < -0.4 is 32.9 Å². The number of rotatable bonds is 17. The number of nitro benzene ring substituents is 2. The molecule has 360 valence electrons. The number of amides is 1. The van der Waals surface area contributed by atoms with Gasteiger partial charge in [0.15, 0.2) is 6.04 Å². The number of hydrogen-bond acceptors (Lipinski definition) is 18. The largest absolute Gasteiger partial charge is 0.870 e. The Morgan fingerprint density at radius 3 is 1.70 bits per heavy atom. The number of aliphatic carboxylic acids is 1. The quantitative estimate of drug-likeness (QED) is 0.0209. The van der Waals surface area contributed by atoms with Crippen molar-refractivity contribution >= 4 is 40.5 Å². The molecule has 23 heteroatoms. The third-order valence-electron chi connectivity index (χ3n) is 7.89. The van der Waals surface area contributed by atoms with Gasteiger partial charge in [0, 0.05) is 24.6 Å². The third kappa shape index (κ3) is 32.5. The molecular formula is C41H64N9O14-3. The van der Waals surface area contributed by atoms with Crippen molar-refractivity contribution < 1.29 is 57.0 Å². The first-order valence-corrected chi connectivity index (χ1v) is 19.3. The number of benzene rings is 2. The van der Waals surface area contributed by atoms with Gasteiger partial charge in [-0.05, 0) is 64.1 Å². The van der Waals surface area contributed by atoms with Crippen LogP contribution in [-0.4, -0.2) is 82.1 Å². The molecule has 0 saturated heterocycles. The van der Waals surface area contributed by atoms with Crippen molar-refractivity contribution in [2.45, 2.75) is 122 Å². The Hall–Kier alpha value is -6.20. The molecule has 0 spiro atoms. The predicted octanol–water partition coefficient (Wildman–Crippen LogP) is 2.90. The molecule has 0 radical (unpaired) electrons. The van der Waals surface area contributed by atoms with Gasteiger partial charge in [0.2, 0.25) is 5.91 Å². The Labute approximate surface area is 374 Å². The molecule has 1 aliphatic carbocycles. The Balaban J connectivity index is -0.000000363. The number of anilines is 1. The van der Waals surface area contributed by atoms with Gasteiger partial charge in [0.25, 0.3) is 11.4 Å². The number of terminal acetylenes is 1. The summed E-state index contributed by atoms with van der Waals surface area (Å²) < 4.78 is 5.74. The molecule has 1 amide bonds. The summed E-state index contributed by atoms with van der Waals surface area (Å²) in [6.45, 7) is 10.5. The van der Waals surface area contributed by atoms with Gasteiger partial charge in [0.05, 0.1) is 39.5 Å². The van der Waals surface area contributed by atoms with E-state index in [1.54, 1.807) is 63.3 Å². The van der Waals surface area contributed by atoms with Crippen molar-refractivity contribution in [3.05, 3.63) is 110 Å². The lowest BCUT2D eigenvalue weighted by Gasteiger charge is -2.33. The van der Waals surface area contributed by atoms with E-state index < -0.39 is 49.8 Å². The van der Waals surface area contributed by atoms with Gasteiger partial charge in [-0.25, -0.2) is 5.84 Å². The number of carboxylic acid groups (broad SMARTS) is 1. The third-order valence-corrected chi connectivity index (χ3v) is 7.89. The molecule has 23 nitrogen and oxygen atoms in total. The molecule has 2 aromatic carbocycles. The highest BCUT2D eigenvalue weighted by atomic mass is 16.8. The summed E-state index contributed by atoms with van der Waals surface area (Å²) in [6.07, 6.45) is 15.6. The average molecular weight is 908 g/mol. The second-order valence-corrected chi connectivity index (χ2v) is 14.3. The highest BCUT2D eigenvalue weighted by molar-refractivity contribution is 6.01. The van der Waals surface area contributed by atoms with E-state index in [4.69, 9.17) is 18.2 Å². The minimum Gasteiger partial charge on any atom is -0.870 e. The van der Waals surface area contributed by atoms with Crippen LogP contribution in [0.25, 0.3) is 0 Å². The first kappa shape index (κ1) is 62.1. The number of nitrogens with two attached hydrogens (primary N) is 2. The summed E-state index contributed by atoms with van der Waals surface area (Å²) in [4.78, 5) is 40.2. The topological polar surface area (TPSA) is 406 Å². The Bertz CT molecular complexity index is 1840. The summed E-state index contributed by atoms with van der Waals surface area (Å²) in [5.74, 6) is 8.04. The zero-order valence-electron chi connectivity index (χ0n) is 37.9.